The first-order valence-electron chi connectivity index (χ1n) is 8.77. The summed E-state index contributed by atoms with van der Waals surface area (Å²) in [5.74, 6) is -0.360. The second-order valence-electron chi connectivity index (χ2n) is 6.33. The van der Waals surface area contributed by atoms with Gasteiger partial charge in [-0.3, -0.25) is 9.52 Å². The molecule has 0 atom stereocenters. The van der Waals surface area contributed by atoms with Crippen molar-refractivity contribution in [1.29, 1.82) is 0 Å². The van der Waals surface area contributed by atoms with Gasteiger partial charge in [0.1, 0.15) is 10.7 Å². The molecule has 10 heteroatoms. The zero-order valence-electron chi connectivity index (χ0n) is 15.7. The smallest absolute Gasteiger partial charge is 0.275 e. The van der Waals surface area contributed by atoms with Crippen LogP contribution in [0.15, 0.2) is 70.4 Å². The van der Waals surface area contributed by atoms with E-state index in [4.69, 9.17) is 0 Å². The molecule has 30 heavy (non-hydrogen) atoms. The van der Waals surface area contributed by atoms with Crippen LogP contribution in [0.5, 0.6) is 0 Å². The molecule has 0 spiro atoms. The molecule has 152 valence electrons. The molecular weight excluding hydrogens is 440 g/mol. The van der Waals surface area contributed by atoms with E-state index < -0.39 is 10.0 Å². The van der Waals surface area contributed by atoms with Crippen molar-refractivity contribution in [3.05, 3.63) is 76.7 Å². The first-order chi connectivity index (χ1) is 14.4. The maximum absolute atomic E-state index is 12.5. The Morgan fingerprint density at radius 2 is 1.73 bits per heavy atom. The van der Waals surface area contributed by atoms with Crippen LogP contribution in [0.25, 0.3) is 10.6 Å². The van der Waals surface area contributed by atoms with Crippen LogP contribution in [0.4, 0.5) is 10.8 Å². The highest BCUT2D eigenvalue weighted by Gasteiger charge is 2.16. The molecule has 4 aromatic rings. The number of anilines is 2. The first kappa shape index (κ1) is 20.2. The molecule has 2 N–H and O–H groups in total. The number of sulfonamides is 1. The normalized spacial score (nSPS) is 11.2. The molecule has 0 bridgehead atoms. The first-order valence-corrected chi connectivity index (χ1v) is 12.0. The third-order valence-corrected chi connectivity index (χ3v) is 7.18. The number of rotatable bonds is 6. The molecule has 2 heterocycles. The van der Waals surface area contributed by atoms with Gasteiger partial charge in [0.2, 0.25) is 0 Å². The molecule has 4 rings (SSSR count). The Hall–Kier alpha value is -3.08. The number of hydrogen-bond donors (Lipinski definition) is 2. The van der Waals surface area contributed by atoms with Crippen molar-refractivity contribution in [2.75, 3.05) is 10.0 Å². The summed E-state index contributed by atoms with van der Waals surface area (Å²) in [6.07, 6.45) is 1.52. The number of benzene rings is 2. The van der Waals surface area contributed by atoms with Crippen LogP contribution in [-0.4, -0.2) is 24.3 Å². The Bertz CT molecular complexity index is 1260. The second kappa shape index (κ2) is 8.34. The lowest BCUT2D eigenvalue weighted by Crippen LogP contribution is -2.14. The van der Waals surface area contributed by atoms with Crippen molar-refractivity contribution >= 4 is 49.4 Å². The number of hydrogen-bond acceptors (Lipinski definition) is 7. The summed E-state index contributed by atoms with van der Waals surface area (Å²) in [4.78, 5) is 20.9. The summed E-state index contributed by atoms with van der Waals surface area (Å²) in [6.45, 7) is 2.01. The summed E-state index contributed by atoms with van der Waals surface area (Å²) >= 11 is 2.58. The van der Waals surface area contributed by atoms with Gasteiger partial charge in [-0.1, -0.05) is 29.8 Å². The lowest BCUT2D eigenvalue weighted by atomic mass is 10.2. The zero-order chi connectivity index (χ0) is 21.1. The minimum Gasteiger partial charge on any atom is -0.321 e. The van der Waals surface area contributed by atoms with Gasteiger partial charge in [0, 0.05) is 28.2 Å². The highest BCUT2D eigenvalue weighted by atomic mass is 32.2. The van der Waals surface area contributed by atoms with E-state index in [9.17, 15) is 13.2 Å². The number of carbonyl (C=O) groups excluding carboxylic acids is 1. The van der Waals surface area contributed by atoms with Crippen LogP contribution in [0, 0.1) is 6.92 Å². The summed E-state index contributed by atoms with van der Waals surface area (Å²) in [5.41, 5.74) is 2.88. The van der Waals surface area contributed by atoms with E-state index in [-0.39, 0.29) is 10.8 Å². The van der Waals surface area contributed by atoms with Gasteiger partial charge < -0.3 is 5.32 Å². The quantitative estimate of drug-likeness (QED) is 0.441. The van der Waals surface area contributed by atoms with E-state index in [1.807, 2.05) is 31.2 Å². The van der Waals surface area contributed by atoms with Crippen molar-refractivity contribution in [2.45, 2.75) is 11.8 Å². The Kier molecular flexibility index (Phi) is 5.62. The number of nitrogens with zero attached hydrogens (tertiary/aromatic N) is 2. The number of carbonyl (C=O) groups is 1. The Labute approximate surface area is 181 Å². The predicted molar refractivity (Wildman–Crippen MR) is 120 cm³/mol. The van der Waals surface area contributed by atoms with Crippen molar-refractivity contribution in [3.63, 3.8) is 0 Å². The van der Waals surface area contributed by atoms with Gasteiger partial charge in [-0.25, -0.2) is 18.4 Å². The summed E-state index contributed by atoms with van der Waals surface area (Å²) in [5, 5.41) is 7.16. The number of aromatic nitrogens is 2. The van der Waals surface area contributed by atoms with E-state index in [1.165, 1.54) is 53.1 Å². The van der Waals surface area contributed by atoms with Gasteiger partial charge in [-0.2, -0.15) is 0 Å². The Balaban J connectivity index is 1.44. The number of aryl methyl sites for hydroxylation is 1. The summed E-state index contributed by atoms with van der Waals surface area (Å²) in [7, 11) is -3.74. The highest BCUT2D eigenvalue weighted by Crippen LogP contribution is 2.25. The predicted octanol–water partition coefficient (Wildman–Crippen LogP) is 4.63. The average molecular weight is 457 g/mol. The summed E-state index contributed by atoms with van der Waals surface area (Å²) < 4.78 is 27.2. The fourth-order valence-corrected chi connectivity index (χ4v) is 5.16. The van der Waals surface area contributed by atoms with Crippen molar-refractivity contribution in [1.82, 2.24) is 9.97 Å². The molecule has 0 fully saturated rings. The minimum absolute atomic E-state index is 0.0750. The molecule has 2 aromatic heterocycles. The molecule has 0 aliphatic rings. The van der Waals surface area contributed by atoms with Crippen LogP contribution >= 0.6 is 22.7 Å². The van der Waals surface area contributed by atoms with Crippen LogP contribution < -0.4 is 10.0 Å². The molecule has 0 unspecified atom stereocenters. The Morgan fingerprint density at radius 1 is 1.00 bits per heavy atom. The summed E-state index contributed by atoms with van der Waals surface area (Å²) in [6, 6.07) is 13.8. The van der Waals surface area contributed by atoms with Crippen molar-refractivity contribution < 1.29 is 13.2 Å². The zero-order valence-corrected chi connectivity index (χ0v) is 18.1. The molecule has 0 aliphatic carbocycles. The molecule has 1 amide bonds. The molecule has 0 radical (unpaired) electrons. The number of amides is 1. The average Bonchev–Trinajstić information content (AvgIpc) is 3.41. The topological polar surface area (TPSA) is 101 Å². The van der Waals surface area contributed by atoms with Gasteiger partial charge in [-0.15, -0.1) is 22.7 Å². The third kappa shape index (κ3) is 4.56. The largest absolute Gasteiger partial charge is 0.321 e. The number of thiazole rings is 2. The van der Waals surface area contributed by atoms with E-state index >= 15 is 0 Å². The van der Waals surface area contributed by atoms with Crippen LogP contribution in [0.2, 0.25) is 0 Å². The van der Waals surface area contributed by atoms with Crippen molar-refractivity contribution in [3.8, 4) is 10.6 Å². The molecule has 0 saturated heterocycles. The molecule has 0 aliphatic heterocycles. The fourth-order valence-electron chi connectivity index (χ4n) is 2.57. The second-order valence-corrected chi connectivity index (χ2v) is 9.76. The maximum Gasteiger partial charge on any atom is 0.275 e. The fraction of sp³-hybridized carbons (Fsp3) is 0.0500. The number of nitrogens with one attached hydrogen (secondary N) is 2. The molecule has 7 nitrogen and oxygen atoms in total. The van der Waals surface area contributed by atoms with Crippen molar-refractivity contribution in [2.24, 2.45) is 0 Å². The SMILES string of the molecule is Cc1ccc(-c2nc(C(=O)Nc3ccc(S(=O)(=O)Nc4nccs4)cc3)cs2)cc1. The van der Waals surface area contributed by atoms with Crippen LogP contribution in [0.3, 0.4) is 0 Å². The lowest BCUT2D eigenvalue weighted by Gasteiger charge is -2.07. The highest BCUT2D eigenvalue weighted by molar-refractivity contribution is 7.93. The van der Waals surface area contributed by atoms with E-state index in [0.29, 0.717) is 16.5 Å². The van der Waals surface area contributed by atoms with Crippen LogP contribution in [0.1, 0.15) is 16.1 Å². The van der Waals surface area contributed by atoms with Gasteiger partial charge in [0.05, 0.1) is 4.90 Å². The standard InChI is InChI=1S/C20H16N4O3S3/c1-13-2-4-14(5-3-13)19-23-17(12-29-19)18(25)22-15-6-8-16(9-7-15)30(26,27)24-20-21-10-11-28-20/h2-12H,1H3,(H,21,24)(H,22,25). The lowest BCUT2D eigenvalue weighted by molar-refractivity contribution is 0.102. The van der Waals surface area contributed by atoms with E-state index in [0.717, 1.165) is 16.1 Å². The third-order valence-electron chi connectivity index (χ3n) is 4.11. The Morgan fingerprint density at radius 3 is 2.40 bits per heavy atom. The molecule has 2 aromatic carbocycles. The minimum atomic E-state index is -3.74. The van der Waals surface area contributed by atoms with Crippen LogP contribution in [-0.2, 0) is 10.0 Å². The monoisotopic (exact) mass is 456 g/mol. The maximum atomic E-state index is 12.5. The van der Waals surface area contributed by atoms with Gasteiger partial charge in [-0.05, 0) is 31.2 Å². The van der Waals surface area contributed by atoms with Gasteiger partial charge >= 0.3 is 0 Å². The van der Waals surface area contributed by atoms with Gasteiger partial charge in [0.25, 0.3) is 15.9 Å². The van der Waals surface area contributed by atoms with E-state index in [1.54, 1.807) is 10.8 Å². The van der Waals surface area contributed by atoms with Gasteiger partial charge in [0.15, 0.2) is 5.13 Å². The van der Waals surface area contributed by atoms with E-state index in [2.05, 4.69) is 20.0 Å². The molecular formula is C20H16N4O3S3. The molecule has 0 saturated carbocycles.